The predicted octanol–water partition coefficient (Wildman–Crippen LogP) is 2.67. The van der Waals surface area contributed by atoms with E-state index in [4.69, 9.17) is 4.74 Å². The average molecular weight is 217 g/mol. The van der Waals surface area contributed by atoms with Gasteiger partial charge in [-0.1, -0.05) is 6.07 Å². The van der Waals surface area contributed by atoms with Crippen LogP contribution in [0.5, 0.6) is 5.75 Å². The molecule has 1 aliphatic carbocycles. The zero-order chi connectivity index (χ0) is 11.3. The molecule has 0 spiro atoms. The summed E-state index contributed by atoms with van der Waals surface area (Å²) in [5.74, 6) is 1.42. The van der Waals surface area contributed by atoms with Gasteiger partial charge in [0, 0.05) is 0 Å². The summed E-state index contributed by atoms with van der Waals surface area (Å²) in [6.07, 6.45) is 2.54. The number of carbonyl (C=O) groups is 1. The van der Waals surface area contributed by atoms with Gasteiger partial charge < -0.3 is 10.1 Å². The third-order valence-corrected chi connectivity index (χ3v) is 3.21. The highest BCUT2D eigenvalue weighted by Gasteiger charge is 2.36. The van der Waals surface area contributed by atoms with Crippen LogP contribution in [0, 0.1) is 0 Å². The zero-order valence-corrected chi connectivity index (χ0v) is 9.54. The Kier molecular flexibility index (Phi) is 1.82. The molecule has 16 heavy (non-hydrogen) atoms. The van der Waals surface area contributed by atoms with Crippen molar-refractivity contribution in [2.75, 3.05) is 5.32 Å². The molecule has 1 heterocycles. The first-order valence-corrected chi connectivity index (χ1v) is 5.71. The number of carbonyl (C=O) groups excluding carboxylic acids is 1. The molecule has 0 aromatic heterocycles. The van der Waals surface area contributed by atoms with E-state index in [1.807, 2.05) is 6.07 Å². The van der Waals surface area contributed by atoms with Crippen molar-refractivity contribution in [1.29, 1.82) is 0 Å². The highest BCUT2D eigenvalue weighted by molar-refractivity contribution is 6.00. The molecule has 0 atom stereocenters. The van der Waals surface area contributed by atoms with Gasteiger partial charge >= 0.3 is 0 Å². The van der Waals surface area contributed by atoms with Gasteiger partial charge in [0.2, 0.25) is 0 Å². The number of fused-ring (bicyclic) bond motifs is 1. The lowest BCUT2D eigenvalue weighted by Gasteiger charge is -2.31. The van der Waals surface area contributed by atoms with E-state index < -0.39 is 5.60 Å². The van der Waals surface area contributed by atoms with Crippen LogP contribution in [0.4, 0.5) is 5.69 Å². The van der Waals surface area contributed by atoms with Gasteiger partial charge in [-0.2, -0.15) is 0 Å². The van der Waals surface area contributed by atoms with Crippen LogP contribution in [-0.4, -0.2) is 11.5 Å². The molecule has 0 saturated heterocycles. The topological polar surface area (TPSA) is 38.3 Å². The van der Waals surface area contributed by atoms with E-state index in [0.717, 1.165) is 11.4 Å². The lowest BCUT2D eigenvalue weighted by molar-refractivity contribution is -0.129. The van der Waals surface area contributed by atoms with Gasteiger partial charge in [0.1, 0.15) is 5.75 Å². The van der Waals surface area contributed by atoms with Crippen LogP contribution < -0.4 is 10.1 Å². The highest BCUT2D eigenvalue weighted by Crippen LogP contribution is 2.43. The van der Waals surface area contributed by atoms with Crippen molar-refractivity contribution in [2.45, 2.75) is 38.2 Å². The standard InChI is InChI=1S/C13H15NO2/c1-13(2)12(15)14-10-6-5-9(8-3-4-8)7-11(10)16-13/h5-8H,3-4H2,1-2H3,(H,14,15). The fourth-order valence-electron chi connectivity index (χ4n) is 1.99. The molecular formula is C13H15NO2. The Hall–Kier alpha value is -1.51. The summed E-state index contributed by atoms with van der Waals surface area (Å²) in [4.78, 5) is 11.7. The first-order chi connectivity index (χ1) is 7.56. The van der Waals surface area contributed by atoms with Crippen molar-refractivity contribution < 1.29 is 9.53 Å². The number of hydrogen-bond donors (Lipinski definition) is 1. The van der Waals surface area contributed by atoms with Gasteiger partial charge in [-0.15, -0.1) is 0 Å². The van der Waals surface area contributed by atoms with E-state index in [2.05, 4.69) is 17.4 Å². The summed E-state index contributed by atoms with van der Waals surface area (Å²) in [6.45, 7) is 3.57. The number of benzene rings is 1. The second-order valence-electron chi connectivity index (χ2n) is 5.10. The fraction of sp³-hybridized carbons (Fsp3) is 0.462. The Bertz CT molecular complexity index is 461. The summed E-state index contributed by atoms with van der Waals surface area (Å²) >= 11 is 0. The molecule has 1 amide bonds. The Morgan fingerprint density at radius 3 is 2.81 bits per heavy atom. The SMILES string of the molecule is CC1(C)Oc2cc(C3CC3)ccc2NC1=O. The van der Waals surface area contributed by atoms with E-state index in [1.54, 1.807) is 13.8 Å². The molecule has 3 heteroatoms. The van der Waals surface area contributed by atoms with Crippen LogP contribution in [0.15, 0.2) is 18.2 Å². The van der Waals surface area contributed by atoms with E-state index in [9.17, 15) is 4.79 Å². The van der Waals surface area contributed by atoms with Gasteiger partial charge in [-0.3, -0.25) is 4.79 Å². The average Bonchev–Trinajstić information content (AvgIpc) is 3.02. The number of anilines is 1. The minimum Gasteiger partial charge on any atom is -0.476 e. The second kappa shape index (κ2) is 3.00. The lowest BCUT2D eigenvalue weighted by Crippen LogP contribution is -2.45. The molecule has 2 aliphatic rings. The Morgan fingerprint density at radius 1 is 1.38 bits per heavy atom. The zero-order valence-electron chi connectivity index (χ0n) is 9.54. The quantitative estimate of drug-likeness (QED) is 0.785. The first-order valence-electron chi connectivity index (χ1n) is 5.71. The highest BCUT2D eigenvalue weighted by atomic mass is 16.5. The monoisotopic (exact) mass is 217 g/mol. The van der Waals surface area contributed by atoms with Gasteiger partial charge in [-0.25, -0.2) is 0 Å². The molecule has 3 rings (SSSR count). The van der Waals surface area contributed by atoms with Crippen molar-refractivity contribution in [3.63, 3.8) is 0 Å². The minimum absolute atomic E-state index is 0.0841. The molecule has 1 aromatic carbocycles. The number of ether oxygens (including phenoxy) is 1. The summed E-state index contributed by atoms with van der Waals surface area (Å²) in [5, 5.41) is 2.87. The molecule has 84 valence electrons. The molecule has 1 saturated carbocycles. The largest absolute Gasteiger partial charge is 0.476 e. The fourth-order valence-corrected chi connectivity index (χ4v) is 1.99. The Morgan fingerprint density at radius 2 is 2.12 bits per heavy atom. The summed E-state index contributed by atoms with van der Waals surface area (Å²) in [6, 6.07) is 6.09. The number of hydrogen-bond acceptors (Lipinski definition) is 2. The second-order valence-corrected chi connectivity index (χ2v) is 5.10. The van der Waals surface area contributed by atoms with Crippen LogP contribution >= 0.6 is 0 Å². The number of rotatable bonds is 1. The van der Waals surface area contributed by atoms with E-state index in [1.165, 1.54) is 18.4 Å². The van der Waals surface area contributed by atoms with Crippen molar-refractivity contribution in [1.82, 2.24) is 0 Å². The van der Waals surface area contributed by atoms with Crippen molar-refractivity contribution in [3.8, 4) is 5.75 Å². The molecular weight excluding hydrogens is 202 g/mol. The molecule has 0 radical (unpaired) electrons. The van der Waals surface area contributed by atoms with Gasteiger partial charge in [0.25, 0.3) is 5.91 Å². The van der Waals surface area contributed by atoms with Crippen molar-refractivity contribution in [2.24, 2.45) is 0 Å². The first kappa shape index (κ1) is 9.70. The van der Waals surface area contributed by atoms with Crippen LogP contribution in [0.1, 0.15) is 38.2 Å². The number of amides is 1. The molecule has 0 bridgehead atoms. The van der Waals surface area contributed by atoms with Gasteiger partial charge in [0.15, 0.2) is 5.60 Å². The smallest absolute Gasteiger partial charge is 0.268 e. The van der Waals surface area contributed by atoms with Crippen LogP contribution in [-0.2, 0) is 4.79 Å². The van der Waals surface area contributed by atoms with Gasteiger partial charge in [-0.05, 0) is 50.3 Å². The maximum atomic E-state index is 11.7. The predicted molar refractivity (Wildman–Crippen MR) is 61.8 cm³/mol. The lowest BCUT2D eigenvalue weighted by atomic mass is 10.0. The third kappa shape index (κ3) is 1.47. The molecule has 1 fully saturated rings. The van der Waals surface area contributed by atoms with E-state index in [-0.39, 0.29) is 5.91 Å². The van der Waals surface area contributed by atoms with Crippen LogP contribution in [0.3, 0.4) is 0 Å². The summed E-state index contributed by atoms with van der Waals surface area (Å²) in [5.41, 5.74) is 1.34. The molecule has 1 aliphatic heterocycles. The molecule has 3 nitrogen and oxygen atoms in total. The van der Waals surface area contributed by atoms with E-state index in [0.29, 0.717) is 5.92 Å². The maximum absolute atomic E-state index is 11.7. The van der Waals surface area contributed by atoms with Gasteiger partial charge in [0.05, 0.1) is 5.69 Å². The third-order valence-electron chi connectivity index (χ3n) is 3.21. The molecule has 0 unspecified atom stereocenters. The number of nitrogens with one attached hydrogen (secondary N) is 1. The van der Waals surface area contributed by atoms with Crippen LogP contribution in [0.25, 0.3) is 0 Å². The summed E-state index contributed by atoms with van der Waals surface area (Å²) in [7, 11) is 0. The summed E-state index contributed by atoms with van der Waals surface area (Å²) < 4.78 is 5.74. The Labute approximate surface area is 94.8 Å². The van der Waals surface area contributed by atoms with Crippen molar-refractivity contribution in [3.05, 3.63) is 23.8 Å². The van der Waals surface area contributed by atoms with Crippen molar-refractivity contribution >= 4 is 11.6 Å². The van der Waals surface area contributed by atoms with Crippen LogP contribution in [0.2, 0.25) is 0 Å². The van der Waals surface area contributed by atoms with E-state index >= 15 is 0 Å². The molecule has 1 N–H and O–H groups in total. The Balaban J connectivity index is 2.00. The minimum atomic E-state index is -0.769. The maximum Gasteiger partial charge on any atom is 0.268 e. The molecule has 1 aromatic rings. The normalized spacial score (nSPS) is 22.0.